The Morgan fingerprint density at radius 3 is 2.60 bits per heavy atom. The van der Waals surface area contributed by atoms with Gasteiger partial charge in [-0.1, -0.05) is 44.4 Å². The molecule has 2 rings (SSSR count). The first-order chi connectivity index (χ1) is 7.40. The van der Waals surface area contributed by atoms with Crippen molar-refractivity contribution in [2.24, 2.45) is 5.92 Å². The van der Waals surface area contributed by atoms with Crippen molar-refractivity contribution in [3.63, 3.8) is 0 Å². The highest BCUT2D eigenvalue weighted by Gasteiger charge is 2.22. The van der Waals surface area contributed by atoms with Gasteiger partial charge in [0.05, 0.1) is 0 Å². The van der Waals surface area contributed by atoms with Crippen molar-refractivity contribution in [1.29, 1.82) is 0 Å². The number of hydrogen-bond donors (Lipinski definition) is 1. The first-order valence-electron chi connectivity index (χ1n) is 6.21. The normalized spacial score (nSPS) is 26.2. The zero-order chi connectivity index (χ0) is 10.5. The lowest BCUT2D eigenvalue weighted by Crippen LogP contribution is -2.31. The summed E-state index contributed by atoms with van der Waals surface area (Å²) < 4.78 is 0. The summed E-state index contributed by atoms with van der Waals surface area (Å²) in [5, 5.41) is 3.68. The predicted molar refractivity (Wildman–Crippen MR) is 66.1 cm³/mol. The summed E-state index contributed by atoms with van der Waals surface area (Å²) in [5.41, 5.74) is 1.28. The molecule has 1 saturated carbocycles. The van der Waals surface area contributed by atoms with Crippen LogP contribution in [0.15, 0.2) is 30.3 Å². The summed E-state index contributed by atoms with van der Waals surface area (Å²) in [4.78, 5) is 0. The Morgan fingerprint density at radius 2 is 1.87 bits per heavy atom. The van der Waals surface area contributed by atoms with Crippen molar-refractivity contribution >= 4 is 5.69 Å². The number of benzene rings is 1. The molecule has 1 heteroatoms. The fourth-order valence-corrected chi connectivity index (χ4v) is 2.63. The first kappa shape index (κ1) is 10.5. The Hall–Kier alpha value is -0.980. The fourth-order valence-electron chi connectivity index (χ4n) is 2.63. The molecule has 0 bridgehead atoms. The molecule has 2 atom stereocenters. The van der Waals surface area contributed by atoms with Gasteiger partial charge < -0.3 is 5.32 Å². The molecule has 15 heavy (non-hydrogen) atoms. The highest BCUT2D eigenvalue weighted by atomic mass is 14.9. The molecule has 0 aliphatic heterocycles. The number of rotatable bonds is 3. The molecule has 0 radical (unpaired) electrons. The van der Waals surface area contributed by atoms with Gasteiger partial charge in [-0.15, -0.1) is 0 Å². The molecule has 0 heterocycles. The first-order valence-corrected chi connectivity index (χ1v) is 6.21. The fraction of sp³-hybridized carbons (Fsp3) is 0.571. The van der Waals surface area contributed by atoms with Gasteiger partial charge in [0.25, 0.3) is 0 Å². The highest BCUT2D eigenvalue weighted by molar-refractivity contribution is 5.43. The van der Waals surface area contributed by atoms with Crippen LogP contribution >= 0.6 is 0 Å². The van der Waals surface area contributed by atoms with Crippen LogP contribution < -0.4 is 5.32 Å². The molecule has 0 spiro atoms. The topological polar surface area (TPSA) is 12.0 Å². The Morgan fingerprint density at radius 1 is 1.13 bits per heavy atom. The van der Waals surface area contributed by atoms with Crippen LogP contribution in [0, 0.1) is 5.92 Å². The van der Waals surface area contributed by atoms with Crippen LogP contribution in [-0.4, -0.2) is 6.04 Å². The Balaban J connectivity index is 1.97. The van der Waals surface area contributed by atoms with Gasteiger partial charge in [0, 0.05) is 11.7 Å². The maximum Gasteiger partial charge on any atom is 0.0342 e. The van der Waals surface area contributed by atoms with E-state index in [0.29, 0.717) is 6.04 Å². The standard InChI is InChI=1S/C14H21N/c1-2-12-8-6-7-11-14(12)15-13-9-4-3-5-10-13/h3-5,9-10,12,14-15H,2,6-8,11H2,1H3. The molecule has 0 saturated heterocycles. The van der Waals surface area contributed by atoms with E-state index in [9.17, 15) is 0 Å². The third-order valence-electron chi connectivity index (χ3n) is 3.56. The molecular weight excluding hydrogens is 182 g/mol. The second kappa shape index (κ2) is 5.20. The van der Waals surface area contributed by atoms with E-state index in [0.717, 1.165) is 5.92 Å². The molecule has 82 valence electrons. The van der Waals surface area contributed by atoms with Crippen LogP contribution in [0.25, 0.3) is 0 Å². The van der Waals surface area contributed by atoms with Crippen molar-refractivity contribution in [2.45, 2.75) is 45.1 Å². The van der Waals surface area contributed by atoms with E-state index in [-0.39, 0.29) is 0 Å². The predicted octanol–water partition coefficient (Wildman–Crippen LogP) is 4.07. The molecule has 1 N–H and O–H groups in total. The average molecular weight is 203 g/mol. The van der Waals surface area contributed by atoms with E-state index >= 15 is 0 Å². The van der Waals surface area contributed by atoms with Crippen LogP contribution in [0.5, 0.6) is 0 Å². The minimum Gasteiger partial charge on any atom is -0.382 e. The zero-order valence-electron chi connectivity index (χ0n) is 9.58. The SMILES string of the molecule is CCC1CCCCC1Nc1ccccc1. The van der Waals surface area contributed by atoms with Gasteiger partial charge in [-0.05, 0) is 30.9 Å². The quantitative estimate of drug-likeness (QED) is 0.781. The lowest BCUT2D eigenvalue weighted by atomic mass is 9.83. The molecule has 1 aliphatic rings. The molecule has 1 aromatic rings. The van der Waals surface area contributed by atoms with Crippen LogP contribution in [0.1, 0.15) is 39.0 Å². The minimum absolute atomic E-state index is 0.700. The smallest absolute Gasteiger partial charge is 0.0342 e. The van der Waals surface area contributed by atoms with E-state index in [1.54, 1.807) is 0 Å². The summed E-state index contributed by atoms with van der Waals surface area (Å²) >= 11 is 0. The molecule has 0 aromatic heterocycles. The summed E-state index contributed by atoms with van der Waals surface area (Å²) in [6.07, 6.45) is 6.87. The molecular formula is C14H21N. The summed E-state index contributed by atoms with van der Waals surface area (Å²) in [5.74, 6) is 0.874. The summed E-state index contributed by atoms with van der Waals surface area (Å²) in [7, 11) is 0. The molecule has 0 amide bonds. The third kappa shape index (κ3) is 2.74. The van der Waals surface area contributed by atoms with Gasteiger partial charge in [-0.25, -0.2) is 0 Å². The zero-order valence-corrected chi connectivity index (χ0v) is 9.58. The van der Waals surface area contributed by atoms with Crippen molar-refractivity contribution < 1.29 is 0 Å². The van der Waals surface area contributed by atoms with Gasteiger partial charge in [-0.3, -0.25) is 0 Å². The van der Waals surface area contributed by atoms with Crippen molar-refractivity contribution in [2.75, 3.05) is 5.32 Å². The van der Waals surface area contributed by atoms with Crippen LogP contribution in [0.3, 0.4) is 0 Å². The van der Waals surface area contributed by atoms with Gasteiger partial charge in [0.1, 0.15) is 0 Å². The summed E-state index contributed by atoms with van der Waals surface area (Å²) in [6.45, 7) is 2.32. The average Bonchev–Trinajstić information content (AvgIpc) is 2.31. The highest BCUT2D eigenvalue weighted by Crippen LogP contribution is 2.29. The minimum atomic E-state index is 0.700. The van der Waals surface area contributed by atoms with Crippen molar-refractivity contribution in [3.8, 4) is 0 Å². The monoisotopic (exact) mass is 203 g/mol. The van der Waals surface area contributed by atoms with Crippen molar-refractivity contribution in [1.82, 2.24) is 0 Å². The Labute approximate surface area is 92.9 Å². The number of para-hydroxylation sites is 1. The maximum atomic E-state index is 3.68. The van der Waals surface area contributed by atoms with Gasteiger partial charge >= 0.3 is 0 Å². The summed E-state index contributed by atoms with van der Waals surface area (Å²) in [6, 6.07) is 11.3. The maximum absolute atomic E-state index is 3.68. The molecule has 1 aliphatic carbocycles. The van der Waals surface area contributed by atoms with Crippen LogP contribution in [0.4, 0.5) is 5.69 Å². The second-order valence-corrected chi connectivity index (χ2v) is 4.57. The van der Waals surface area contributed by atoms with Gasteiger partial charge in [0.2, 0.25) is 0 Å². The molecule has 1 aromatic carbocycles. The molecule has 2 unspecified atom stereocenters. The van der Waals surface area contributed by atoms with Crippen molar-refractivity contribution in [3.05, 3.63) is 30.3 Å². The van der Waals surface area contributed by atoms with Gasteiger partial charge in [0.15, 0.2) is 0 Å². The Kier molecular flexibility index (Phi) is 3.65. The number of hydrogen-bond acceptors (Lipinski definition) is 1. The second-order valence-electron chi connectivity index (χ2n) is 4.57. The van der Waals surface area contributed by atoms with Gasteiger partial charge in [-0.2, -0.15) is 0 Å². The third-order valence-corrected chi connectivity index (χ3v) is 3.56. The van der Waals surface area contributed by atoms with E-state index in [1.807, 2.05) is 0 Å². The van der Waals surface area contributed by atoms with E-state index in [2.05, 4.69) is 42.6 Å². The lowest BCUT2D eigenvalue weighted by molar-refractivity contribution is 0.317. The molecule has 1 nitrogen and oxygen atoms in total. The largest absolute Gasteiger partial charge is 0.382 e. The molecule has 1 fully saturated rings. The van der Waals surface area contributed by atoms with E-state index < -0.39 is 0 Å². The number of nitrogens with one attached hydrogen (secondary N) is 1. The van der Waals surface area contributed by atoms with Crippen LogP contribution in [0.2, 0.25) is 0 Å². The lowest BCUT2D eigenvalue weighted by Gasteiger charge is -2.32. The number of anilines is 1. The van der Waals surface area contributed by atoms with Crippen LogP contribution in [-0.2, 0) is 0 Å². The van der Waals surface area contributed by atoms with E-state index in [4.69, 9.17) is 0 Å². The van der Waals surface area contributed by atoms with E-state index in [1.165, 1.54) is 37.8 Å². The Bertz CT molecular complexity index is 281.